The first-order valence-electron chi connectivity index (χ1n) is 10.5. The van der Waals surface area contributed by atoms with Crippen molar-refractivity contribution in [1.29, 1.82) is 0 Å². The number of fused-ring (bicyclic) bond motifs is 3. The number of aromatic nitrogens is 1. The number of rotatable bonds is 7. The highest BCUT2D eigenvalue weighted by atomic mass is 16.5. The second-order valence-electron chi connectivity index (χ2n) is 7.18. The molecular weight excluding hydrogens is 374 g/mol. The summed E-state index contributed by atoms with van der Waals surface area (Å²) in [7, 11) is 0. The van der Waals surface area contributed by atoms with Gasteiger partial charge in [-0.05, 0) is 43.2 Å². The van der Waals surface area contributed by atoms with Crippen LogP contribution in [0.15, 0.2) is 72.8 Å². The average molecular weight is 404 g/mol. The van der Waals surface area contributed by atoms with Gasteiger partial charge in [-0.15, -0.1) is 0 Å². The van der Waals surface area contributed by atoms with E-state index >= 15 is 0 Å². The molecule has 3 aromatic carbocycles. The SMILES string of the molecule is CCCCOCC.O=C(O)c1cccc(Cn2c3ccccc3c3ccccc32)c1. The number of ether oxygens (including phenoxy) is 1. The van der Waals surface area contributed by atoms with Gasteiger partial charge in [-0.2, -0.15) is 0 Å². The first-order valence-corrected chi connectivity index (χ1v) is 10.5. The van der Waals surface area contributed by atoms with Crippen LogP contribution in [0.5, 0.6) is 0 Å². The zero-order valence-corrected chi connectivity index (χ0v) is 17.7. The van der Waals surface area contributed by atoms with Crippen LogP contribution in [-0.4, -0.2) is 28.9 Å². The molecule has 1 N–H and O–H groups in total. The van der Waals surface area contributed by atoms with Crippen LogP contribution in [0.25, 0.3) is 21.8 Å². The molecule has 0 spiro atoms. The number of carboxylic acids is 1. The van der Waals surface area contributed by atoms with Gasteiger partial charge in [0.15, 0.2) is 0 Å². The largest absolute Gasteiger partial charge is 0.478 e. The Morgan fingerprint density at radius 2 is 1.53 bits per heavy atom. The number of carbonyl (C=O) groups is 1. The first-order chi connectivity index (χ1) is 14.7. The van der Waals surface area contributed by atoms with Crippen molar-refractivity contribution >= 4 is 27.8 Å². The maximum Gasteiger partial charge on any atom is 0.335 e. The highest BCUT2D eigenvalue weighted by molar-refractivity contribution is 6.08. The normalized spacial score (nSPS) is 10.7. The lowest BCUT2D eigenvalue weighted by Gasteiger charge is -2.08. The van der Waals surface area contributed by atoms with Crippen LogP contribution >= 0.6 is 0 Å². The maximum absolute atomic E-state index is 11.2. The van der Waals surface area contributed by atoms with E-state index in [9.17, 15) is 9.90 Å². The molecule has 4 aromatic rings. The van der Waals surface area contributed by atoms with E-state index in [1.165, 1.54) is 23.6 Å². The Balaban J connectivity index is 0.000000318. The number of aromatic carboxylic acids is 1. The molecule has 1 aromatic heterocycles. The van der Waals surface area contributed by atoms with Gasteiger partial charge in [0, 0.05) is 41.6 Å². The van der Waals surface area contributed by atoms with Crippen LogP contribution < -0.4 is 0 Å². The van der Waals surface area contributed by atoms with E-state index in [4.69, 9.17) is 4.74 Å². The summed E-state index contributed by atoms with van der Waals surface area (Å²) in [5.74, 6) is -0.894. The van der Waals surface area contributed by atoms with Crippen molar-refractivity contribution in [1.82, 2.24) is 4.57 Å². The molecule has 0 amide bonds. The monoisotopic (exact) mass is 403 g/mol. The Bertz CT molecular complexity index is 1060. The van der Waals surface area contributed by atoms with E-state index in [1.807, 2.05) is 37.3 Å². The van der Waals surface area contributed by atoms with Gasteiger partial charge in [-0.3, -0.25) is 0 Å². The van der Waals surface area contributed by atoms with Crippen LogP contribution in [0, 0.1) is 0 Å². The number of benzene rings is 3. The molecule has 0 fully saturated rings. The molecule has 156 valence electrons. The minimum Gasteiger partial charge on any atom is -0.478 e. The molecule has 0 bridgehead atoms. The van der Waals surface area contributed by atoms with E-state index in [2.05, 4.69) is 35.8 Å². The smallest absolute Gasteiger partial charge is 0.335 e. The molecule has 0 unspecified atom stereocenters. The second kappa shape index (κ2) is 10.6. The Kier molecular flexibility index (Phi) is 7.63. The Morgan fingerprint density at radius 3 is 2.10 bits per heavy atom. The molecule has 0 atom stereocenters. The van der Waals surface area contributed by atoms with E-state index < -0.39 is 5.97 Å². The number of unbranched alkanes of at least 4 members (excludes halogenated alkanes) is 1. The number of carboxylic acid groups (broad SMARTS) is 1. The minimum atomic E-state index is -0.894. The van der Waals surface area contributed by atoms with Crippen molar-refractivity contribution < 1.29 is 14.6 Å². The number of hydrogen-bond acceptors (Lipinski definition) is 2. The zero-order chi connectivity index (χ0) is 21.3. The summed E-state index contributed by atoms with van der Waals surface area (Å²) in [6.07, 6.45) is 2.44. The quantitative estimate of drug-likeness (QED) is 0.365. The van der Waals surface area contributed by atoms with Crippen LogP contribution in [0.1, 0.15) is 42.6 Å². The number of para-hydroxylation sites is 2. The van der Waals surface area contributed by atoms with Crippen LogP contribution in [0.4, 0.5) is 0 Å². The van der Waals surface area contributed by atoms with Gasteiger partial charge in [-0.1, -0.05) is 61.9 Å². The topological polar surface area (TPSA) is 51.5 Å². The molecule has 0 saturated carbocycles. The van der Waals surface area contributed by atoms with Crippen molar-refractivity contribution in [3.05, 3.63) is 83.9 Å². The number of nitrogens with zero attached hydrogens (tertiary/aromatic N) is 1. The van der Waals surface area contributed by atoms with Gasteiger partial charge in [0.1, 0.15) is 0 Å². The van der Waals surface area contributed by atoms with Gasteiger partial charge in [0.25, 0.3) is 0 Å². The van der Waals surface area contributed by atoms with Crippen LogP contribution in [-0.2, 0) is 11.3 Å². The molecule has 4 nitrogen and oxygen atoms in total. The van der Waals surface area contributed by atoms with Gasteiger partial charge in [0.2, 0.25) is 0 Å². The van der Waals surface area contributed by atoms with Gasteiger partial charge >= 0.3 is 5.97 Å². The lowest BCUT2D eigenvalue weighted by molar-refractivity contribution is 0.0696. The van der Waals surface area contributed by atoms with Crippen molar-refractivity contribution in [2.75, 3.05) is 13.2 Å². The molecule has 4 heteroatoms. The van der Waals surface area contributed by atoms with Crippen molar-refractivity contribution in [2.24, 2.45) is 0 Å². The predicted molar refractivity (Wildman–Crippen MR) is 123 cm³/mol. The molecule has 0 aliphatic carbocycles. The van der Waals surface area contributed by atoms with Crippen LogP contribution in [0.3, 0.4) is 0 Å². The van der Waals surface area contributed by atoms with Crippen molar-refractivity contribution in [3.8, 4) is 0 Å². The average Bonchev–Trinajstić information content (AvgIpc) is 3.09. The van der Waals surface area contributed by atoms with Crippen molar-refractivity contribution in [3.63, 3.8) is 0 Å². The highest BCUT2D eigenvalue weighted by Gasteiger charge is 2.10. The summed E-state index contributed by atoms with van der Waals surface area (Å²) < 4.78 is 7.32. The van der Waals surface area contributed by atoms with Gasteiger partial charge < -0.3 is 14.4 Å². The number of hydrogen-bond donors (Lipinski definition) is 1. The first kappa shape index (κ1) is 21.6. The summed E-state index contributed by atoms with van der Waals surface area (Å²) >= 11 is 0. The fourth-order valence-electron chi connectivity index (χ4n) is 3.55. The fourth-order valence-corrected chi connectivity index (χ4v) is 3.55. The van der Waals surface area contributed by atoms with E-state index in [-0.39, 0.29) is 0 Å². The Hall–Kier alpha value is -3.11. The maximum atomic E-state index is 11.2. The summed E-state index contributed by atoms with van der Waals surface area (Å²) in [6, 6.07) is 23.8. The lowest BCUT2D eigenvalue weighted by Crippen LogP contribution is -2.02. The molecule has 4 rings (SSSR count). The summed E-state index contributed by atoms with van der Waals surface area (Å²) in [5.41, 5.74) is 3.63. The van der Waals surface area contributed by atoms with Crippen molar-refractivity contribution in [2.45, 2.75) is 33.2 Å². The standard InChI is InChI=1S/C20H15NO2.C6H14O/c22-20(23)15-7-5-6-14(12-15)13-21-18-10-3-1-8-16(18)17-9-2-4-11-19(17)21;1-3-5-6-7-4-2/h1-12H,13H2,(H,22,23);3-6H2,1-2H3. The Labute approximate surface area is 177 Å². The minimum absolute atomic E-state index is 0.322. The molecule has 0 aliphatic heterocycles. The summed E-state index contributed by atoms with van der Waals surface area (Å²) in [5, 5.41) is 11.6. The summed E-state index contributed by atoms with van der Waals surface area (Å²) in [6.45, 7) is 6.64. The van der Waals surface area contributed by atoms with E-state index in [0.29, 0.717) is 12.1 Å². The van der Waals surface area contributed by atoms with E-state index in [0.717, 1.165) is 29.8 Å². The van der Waals surface area contributed by atoms with E-state index in [1.54, 1.807) is 18.2 Å². The Morgan fingerprint density at radius 1 is 0.900 bits per heavy atom. The fraction of sp³-hybridized carbons (Fsp3) is 0.269. The molecule has 0 radical (unpaired) electrons. The molecule has 0 aliphatic rings. The zero-order valence-electron chi connectivity index (χ0n) is 17.7. The van der Waals surface area contributed by atoms with Crippen LogP contribution in [0.2, 0.25) is 0 Å². The highest BCUT2D eigenvalue weighted by Crippen LogP contribution is 2.29. The molecule has 0 saturated heterocycles. The molecular formula is C26H29NO3. The van der Waals surface area contributed by atoms with Gasteiger partial charge in [-0.25, -0.2) is 4.79 Å². The summed E-state index contributed by atoms with van der Waals surface area (Å²) in [4.78, 5) is 11.2. The second-order valence-corrected chi connectivity index (χ2v) is 7.18. The third-order valence-electron chi connectivity index (χ3n) is 5.04. The lowest BCUT2D eigenvalue weighted by atomic mass is 10.1. The predicted octanol–water partition coefficient (Wildman–Crippen LogP) is 6.36. The molecule has 30 heavy (non-hydrogen) atoms. The van der Waals surface area contributed by atoms with Gasteiger partial charge in [0.05, 0.1) is 5.56 Å². The third kappa shape index (κ3) is 5.08. The molecule has 1 heterocycles. The third-order valence-corrected chi connectivity index (χ3v) is 5.04.